The number of hydrogen-bond donors (Lipinski definition) is 0. The molecule has 1 fully saturated rings. The van der Waals surface area contributed by atoms with Crippen LogP contribution in [0, 0.1) is 0 Å². The number of nitrogens with zero attached hydrogens (tertiary/aromatic N) is 2. The molecule has 1 amide bonds. The molecular formula is C29H51BrN2O. The Morgan fingerprint density at radius 1 is 0.758 bits per heavy atom. The topological polar surface area (TPSA) is 20.3 Å². The van der Waals surface area contributed by atoms with E-state index in [4.69, 9.17) is 0 Å². The molecule has 0 unspecified atom stereocenters. The van der Waals surface area contributed by atoms with E-state index in [0.717, 1.165) is 56.6 Å². The molecule has 1 aliphatic heterocycles. The van der Waals surface area contributed by atoms with Crippen LogP contribution in [0.3, 0.4) is 0 Å². The largest absolute Gasteiger partial charge is 1.00 e. The Bertz CT molecular complexity index is 599. The molecule has 1 heterocycles. The number of quaternary nitrogens is 1. The van der Waals surface area contributed by atoms with E-state index in [-0.39, 0.29) is 17.0 Å². The van der Waals surface area contributed by atoms with Gasteiger partial charge in [-0.1, -0.05) is 114 Å². The molecule has 0 aromatic heterocycles. The molecule has 1 aromatic rings. The first-order chi connectivity index (χ1) is 15.7. The first kappa shape index (κ1) is 30.2. The molecule has 0 atom stereocenters. The van der Waals surface area contributed by atoms with Crippen molar-refractivity contribution in [2.75, 3.05) is 32.7 Å². The van der Waals surface area contributed by atoms with E-state index >= 15 is 0 Å². The maximum absolute atomic E-state index is 12.7. The fourth-order valence-corrected chi connectivity index (χ4v) is 5.15. The van der Waals surface area contributed by atoms with Gasteiger partial charge in [-0.25, -0.2) is 0 Å². The predicted molar refractivity (Wildman–Crippen MR) is 138 cm³/mol. The van der Waals surface area contributed by atoms with E-state index in [1.54, 1.807) is 0 Å². The maximum Gasteiger partial charge on any atom is 0.222 e. The number of likely N-dealkylation sites (N-methyl/N-ethyl adjacent to an activating group) is 1. The maximum atomic E-state index is 12.7. The normalized spacial score (nSPS) is 15.3. The molecule has 1 saturated heterocycles. The summed E-state index contributed by atoms with van der Waals surface area (Å²) < 4.78 is 1.12. The summed E-state index contributed by atoms with van der Waals surface area (Å²) in [7, 11) is 0. The van der Waals surface area contributed by atoms with Crippen LogP contribution in [0.1, 0.15) is 109 Å². The van der Waals surface area contributed by atoms with Gasteiger partial charge in [0.15, 0.2) is 0 Å². The standard InChI is InChI=1S/C29H51N2O.BrH/c1-3-5-6-7-8-9-10-11-12-13-14-15-19-22-29(32)30-23-25-31(4-2,26-24-30)27-28-20-17-16-18-21-28;/h16-18,20-21H,3-15,19,22-27H2,1-2H3;1H/q+1;/p-1. The van der Waals surface area contributed by atoms with E-state index in [1.807, 2.05) is 0 Å². The third kappa shape index (κ3) is 12.4. The van der Waals surface area contributed by atoms with Gasteiger partial charge in [0.1, 0.15) is 6.54 Å². The van der Waals surface area contributed by atoms with Crippen LogP contribution in [0.5, 0.6) is 0 Å². The van der Waals surface area contributed by atoms with Crippen LogP contribution >= 0.6 is 0 Å². The minimum Gasteiger partial charge on any atom is -1.00 e. The average Bonchev–Trinajstić information content (AvgIpc) is 2.83. The van der Waals surface area contributed by atoms with E-state index < -0.39 is 0 Å². The van der Waals surface area contributed by atoms with Crippen molar-refractivity contribution in [1.29, 1.82) is 0 Å². The summed E-state index contributed by atoms with van der Waals surface area (Å²) in [5.41, 5.74) is 1.42. The van der Waals surface area contributed by atoms with Crippen molar-refractivity contribution >= 4 is 5.91 Å². The summed E-state index contributed by atoms with van der Waals surface area (Å²) in [5.74, 6) is 0.390. The summed E-state index contributed by atoms with van der Waals surface area (Å²) >= 11 is 0. The second kappa shape index (κ2) is 18.5. The fraction of sp³-hybridized carbons (Fsp3) is 0.759. The van der Waals surface area contributed by atoms with Gasteiger partial charge in [0, 0.05) is 12.0 Å². The van der Waals surface area contributed by atoms with Crippen molar-refractivity contribution in [2.45, 2.75) is 110 Å². The Morgan fingerprint density at radius 2 is 1.24 bits per heavy atom. The zero-order valence-electron chi connectivity index (χ0n) is 21.7. The highest BCUT2D eigenvalue weighted by atomic mass is 79.9. The highest BCUT2D eigenvalue weighted by molar-refractivity contribution is 5.76. The molecule has 4 heteroatoms. The van der Waals surface area contributed by atoms with Crippen molar-refractivity contribution in [3.63, 3.8) is 0 Å². The molecule has 0 saturated carbocycles. The van der Waals surface area contributed by atoms with Crippen molar-refractivity contribution < 1.29 is 26.3 Å². The van der Waals surface area contributed by atoms with Crippen molar-refractivity contribution in [1.82, 2.24) is 4.90 Å². The van der Waals surface area contributed by atoms with E-state index in [1.165, 1.54) is 82.6 Å². The van der Waals surface area contributed by atoms with E-state index in [2.05, 4.69) is 49.1 Å². The molecule has 190 valence electrons. The SMILES string of the molecule is CCCCCCCCCCCCCCCC(=O)N1CC[N+](CC)(Cc2ccccc2)CC1.[Br-]. The molecule has 0 N–H and O–H groups in total. The highest BCUT2D eigenvalue weighted by Gasteiger charge is 2.33. The van der Waals surface area contributed by atoms with Crippen molar-refractivity contribution in [2.24, 2.45) is 0 Å². The van der Waals surface area contributed by atoms with Gasteiger partial charge in [-0.3, -0.25) is 4.79 Å². The van der Waals surface area contributed by atoms with Gasteiger partial charge in [-0.15, -0.1) is 0 Å². The Kier molecular flexibility index (Phi) is 16.9. The highest BCUT2D eigenvalue weighted by Crippen LogP contribution is 2.20. The second-order valence-corrected chi connectivity index (χ2v) is 10.1. The van der Waals surface area contributed by atoms with Gasteiger partial charge >= 0.3 is 0 Å². The molecule has 1 aromatic carbocycles. The van der Waals surface area contributed by atoms with Crippen molar-refractivity contribution in [3.8, 4) is 0 Å². The number of rotatable bonds is 17. The molecule has 3 nitrogen and oxygen atoms in total. The Labute approximate surface area is 215 Å². The summed E-state index contributed by atoms with van der Waals surface area (Å²) in [6.07, 6.45) is 18.4. The number of hydrogen-bond acceptors (Lipinski definition) is 1. The lowest BCUT2D eigenvalue weighted by molar-refractivity contribution is -0.942. The lowest BCUT2D eigenvalue weighted by atomic mass is 10.0. The van der Waals surface area contributed by atoms with Gasteiger partial charge in [0.25, 0.3) is 0 Å². The second-order valence-electron chi connectivity index (χ2n) is 10.1. The number of halogens is 1. The van der Waals surface area contributed by atoms with E-state index in [0.29, 0.717) is 5.91 Å². The molecule has 33 heavy (non-hydrogen) atoms. The molecule has 2 rings (SSSR count). The smallest absolute Gasteiger partial charge is 0.222 e. The lowest BCUT2D eigenvalue weighted by Crippen LogP contribution is -3.00. The molecular weight excluding hydrogens is 472 g/mol. The summed E-state index contributed by atoms with van der Waals surface area (Å²) in [6.45, 7) is 10.9. The number of carbonyl (C=O) groups is 1. The fourth-order valence-electron chi connectivity index (χ4n) is 5.15. The average molecular weight is 524 g/mol. The minimum atomic E-state index is 0. The van der Waals surface area contributed by atoms with Crippen LogP contribution in [-0.4, -0.2) is 48.0 Å². The molecule has 0 radical (unpaired) electrons. The lowest BCUT2D eigenvalue weighted by Gasteiger charge is -2.44. The van der Waals surface area contributed by atoms with Crippen LogP contribution in [0.2, 0.25) is 0 Å². The van der Waals surface area contributed by atoms with Gasteiger partial charge < -0.3 is 26.4 Å². The Balaban J connectivity index is 0.00000544. The molecule has 0 spiro atoms. The van der Waals surface area contributed by atoms with Gasteiger partial charge in [-0.05, 0) is 13.3 Å². The van der Waals surface area contributed by atoms with E-state index in [9.17, 15) is 4.79 Å². The number of carbonyl (C=O) groups excluding carboxylic acids is 1. The van der Waals surface area contributed by atoms with Gasteiger partial charge in [-0.2, -0.15) is 0 Å². The first-order valence-electron chi connectivity index (χ1n) is 13.9. The monoisotopic (exact) mass is 522 g/mol. The van der Waals surface area contributed by atoms with Gasteiger partial charge in [0.2, 0.25) is 5.91 Å². The number of benzene rings is 1. The van der Waals surface area contributed by atoms with Crippen LogP contribution in [-0.2, 0) is 11.3 Å². The molecule has 1 aliphatic rings. The Morgan fingerprint density at radius 3 is 1.73 bits per heavy atom. The quantitative estimate of drug-likeness (QED) is 0.220. The van der Waals surface area contributed by atoms with Crippen molar-refractivity contribution in [3.05, 3.63) is 35.9 Å². The minimum absolute atomic E-state index is 0. The summed E-state index contributed by atoms with van der Waals surface area (Å²) in [6, 6.07) is 10.8. The third-order valence-corrected chi connectivity index (χ3v) is 7.57. The van der Waals surface area contributed by atoms with Crippen LogP contribution < -0.4 is 17.0 Å². The molecule has 0 aliphatic carbocycles. The number of piperazine rings is 1. The van der Waals surface area contributed by atoms with Crippen LogP contribution in [0.15, 0.2) is 30.3 Å². The summed E-state index contributed by atoms with van der Waals surface area (Å²) in [5, 5.41) is 0. The molecule has 0 bridgehead atoms. The van der Waals surface area contributed by atoms with Gasteiger partial charge in [0.05, 0.1) is 32.7 Å². The predicted octanol–water partition coefficient (Wildman–Crippen LogP) is 4.35. The third-order valence-electron chi connectivity index (χ3n) is 7.57. The summed E-state index contributed by atoms with van der Waals surface area (Å²) in [4.78, 5) is 14.8. The first-order valence-corrected chi connectivity index (χ1v) is 13.9. The zero-order valence-corrected chi connectivity index (χ0v) is 23.3. The zero-order chi connectivity index (χ0) is 22.9. The van der Waals surface area contributed by atoms with Crippen LogP contribution in [0.25, 0.3) is 0 Å². The Hall–Kier alpha value is -0.870. The number of amides is 1. The number of unbranched alkanes of at least 4 members (excludes halogenated alkanes) is 12. The van der Waals surface area contributed by atoms with Crippen LogP contribution in [0.4, 0.5) is 0 Å².